The van der Waals surface area contributed by atoms with Crippen LogP contribution in [0.15, 0.2) is 4.52 Å². The highest BCUT2D eigenvalue weighted by Gasteiger charge is 2.29. The standard InChI is InChI=1S/C18H27N7O3/c1-11-19-16(23-22-11)10-17(26)21-14-6-4-13(5-7-14)18(27)25(3)9-8-15-20-12(2)28-24-15/h13-14H,4-10H2,1-3H3,(H,21,26)(H,19,22,23). The molecule has 0 spiro atoms. The van der Waals surface area contributed by atoms with E-state index < -0.39 is 0 Å². The van der Waals surface area contributed by atoms with E-state index in [1.807, 2.05) is 7.05 Å². The quantitative estimate of drug-likeness (QED) is 0.713. The minimum absolute atomic E-state index is 0.000753. The van der Waals surface area contributed by atoms with Gasteiger partial charge in [-0.2, -0.15) is 10.1 Å². The number of likely N-dealkylation sites (N-methyl/N-ethyl adjacent to an activating group) is 1. The third kappa shape index (κ3) is 5.37. The normalized spacial score (nSPS) is 19.4. The van der Waals surface area contributed by atoms with Gasteiger partial charge in [-0.25, -0.2) is 4.98 Å². The second-order valence-corrected chi connectivity index (χ2v) is 7.37. The van der Waals surface area contributed by atoms with E-state index in [-0.39, 0.29) is 30.2 Å². The van der Waals surface area contributed by atoms with Gasteiger partial charge in [0, 0.05) is 38.9 Å². The van der Waals surface area contributed by atoms with Crippen LogP contribution in [-0.2, 0) is 22.4 Å². The molecule has 0 unspecified atom stereocenters. The number of aromatic amines is 1. The molecule has 10 heteroatoms. The molecule has 2 aromatic heterocycles. The lowest BCUT2D eigenvalue weighted by Gasteiger charge is -2.30. The summed E-state index contributed by atoms with van der Waals surface area (Å²) in [5, 5.41) is 13.6. The lowest BCUT2D eigenvalue weighted by atomic mass is 9.85. The van der Waals surface area contributed by atoms with Gasteiger partial charge in [0.1, 0.15) is 5.82 Å². The SMILES string of the molecule is Cc1nc(CC(=O)NC2CCC(C(=O)N(C)CCc3noc(C)n3)CC2)n[nH]1. The maximum atomic E-state index is 12.7. The zero-order valence-corrected chi connectivity index (χ0v) is 16.6. The van der Waals surface area contributed by atoms with Crippen LogP contribution in [0.2, 0.25) is 0 Å². The average molecular weight is 389 g/mol. The lowest BCUT2D eigenvalue weighted by molar-refractivity contribution is -0.135. The highest BCUT2D eigenvalue weighted by Crippen LogP contribution is 2.26. The fourth-order valence-electron chi connectivity index (χ4n) is 3.51. The molecule has 0 atom stereocenters. The summed E-state index contributed by atoms with van der Waals surface area (Å²) < 4.78 is 4.95. The monoisotopic (exact) mass is 389 g/mol. The van der Waals surface area contributed by atoms with Crippen molar-refractivity contribution in [3.63, 3.8) is 0 Å². The Hall–Kier alpha value is -2.78. The van der Waals surface area contributed by atoms with Crippen LogP contribution in [-0.4, -0.2) is 61.7 Å². The summed E-state index contributed by atoms with van der Waals surface area (Å²) in [6.45, 7) is 4.10. The molecule has 0 radical (unpaired) electrons. The summed E-state index contributed by atoms with van der Waals surface area (Å²) in [7, 11) is 1.81. The van der Waals surface area contributed by atoms with E-state index in [1.54, 1.807) is 18.7 Å². The highest BCUT2D eigenvalue weighted by molar-refractivity contribution is 5.79. The van der Waals surface area contributed by atoms with Crippen LogP contribution in [0.1, 0.15) is 49.0 Å². The third-order valence-electron chi connectivity index (χ3n) is 5.02. The van der Waals surface area contributed by atoms with Crippen LogP contribution in [0.4, 0.5) is 0 Å². The molecule has 1 fully saturated rings. The summed E-state index contributed by atoms with van der Waals surface area (Å²) in [5.74, 6) is 2.40. The van der Waals surface area contributed by atoms with Crippen molar-refractivity contribution < 1.29 is 14.1 Å². The molecule has 3 rings (SSSR count). The molecule has 0 aromatic carbocycles. The van der Waals surface area contributed by atoms with Crippen LogP contribution in [0, 0.1) is 19.8 Å². The molecule has 1 aliphatic carbocycles. The molecule has 2 amide bonds. The molecule has 0 bridgehead atoms. The average Bonchev–Trinajstić information content (AvgIpc) is 3.27. The van der Waals surface area contributed by atoms with Crippen LogP contribution >= 0.6 is 0 Å². The van der Waals surface area contributed by atoms with Crippen molar-refractivity contribution >= 4 is 11.8 Å². The van der Waals surface area contributed by atoms with Crippen molar-refractivity contribution in [2.75, 3.05) is 13.6 Å². The van der Waals surface area contributed by atoms with Gasteiger partial charge < -0.3 is 14.7 Å². The summed E-state index contributed by atoms with van der Waals surface area (Å²) in [6.07, 6.45) is 3.89. The van der Waals surface area contributed by atoms with Crippen molar-refractivity contribution in [2.24, 2.45) is 5.92 Å². The van der Waals surface area contributed by atoms with E-state index in [0.717, 1.165) is 25.7 Å². The number of nitrogens with one attached hydrogen (secondary N) is 2. The number of amides is 2. The van der Waals surface area contributed by atoms with E-state index in [4.69, 9.17) is 4.52 Å². The Bertz CT molecular complexity index is 808. The van der Waals surface area contributed by atoms with Gasteiger partial charge in [0.15, 0.2) is 11.6 Å². The maximum absolute atomic E-state index is 12.7. The smallest absolute Gasteiger partial charge is 0.227 e. The van der Waals surface area contributed by atoms with Gasteiger partial charge in [-0.05, 0) is 32.6 Å². The number of hydrogen-bond acceptors (Lipinski definition) is 7. The molecule has 1 saturated carbocycles. The first-order valence-corrected chi connectivity index (χ1v) is 9.62. The van der Waals surface area contributed by atoms with Crippen LogP contribution < -0.4 is 5.32 Å². The Morgan fingerprint density at radius 3 is 2.54 bits per heavy atom. The molecule has 152 valence electrons. The van der Waals surface area contributed by atoms with Gasteiger partial charge in [-0.15, -0.1) is 0 Å². The molecule has 2 heterocycles. The number of hydrogen-bond donors (Lipinski definition) is 2. The first-order valence-electron chi connectivity index (χ1n) is 9.62. The van der Waals surface area contributed by atoms with Crippen molar-refractivity contribution in [3.05, 3.63) is 23.4 Å². The molecular weight excluding hydrogens is 362 g/mol. The third-order valence-corrected chi connectivity index (χ3v) is 5.02. The van der Waals surface area contributed by atoms with E-state index >= 15 is 0 Å². The van der Waals surface area contributed by atoms with Crippen LogP contribution in [0.5, 0.6) is 0 Å². The van der Waals surface area contributed by atoms with Gasteiger partial charge >= 0.3 is 0 Å². The second-order valence-electron chi connectivity index (χ2n) is 7.37. The van der Waals surface area contributed by atoms with Gasteiger partial charge in [-0.3, -0.25) is 14.7 Å². The van der Waals surface area contributed by atoms with Crippen LogP contribution in [0.3, 0.4) is 0 Å². The zero-order valence-electron chi connectivity index (χ0n) is 16.6. The topological polar surface area (TPSA) is 130 Å². The van der Waals surface area contributed by atoms with Crippen molar-refractivity contribution in [1.82, 2.24) is 35.5 Å². The Balaban J connectivity index is 1.38. The van der Waals surface area contributed by atoms with Gasteiger partial charge in [0.2, 0.25) is 17.7 Å². The van der Waals surface area contributed by atoms with Gasteiger partial charge in [0.05, 0.1) is 6.42 Å². The predicted molar refractivity (Wildman–Crippen MR) is 99.1 cm³/mol. The van der Waals surface area contributed by atoms with Crippen molar-refractivity contribution in [1.29, 1.82) is 0 Å². The summed E-state index contributed by atoms with van der Waals surface area (Å²) >= 11 is 0. The fraction of sp³-hybridized carbons (Fsp3) is 0.667. The molecule has 0 saturated heterocycles. The van der Waals surface area contributed by atoms with Gasteiger partial charge in [0.25, 0.3) is 0 Å². The summed E-state index contributed by atoms with van der Waals surface area (Å²) in [4.78, 5) is 34.8. The minimum atomic E-state index is -0.0821. The highest BCUT2D eigenvalue weighted by atomic mass is 16.5. The Morgan fingerprint density at radius 2 is 1.93 bits per heavy atom. The Morgan fingerprint density at radius 1 is 1.18 bits per heavy atom. The maximum Gasteiger partial charge on any atom is 0.227 e. The Labute approximate surface area is 163 Å². The first kappa shape index (κ1) is 20.0. The fourth-order valence-corrected chi connectivity index (χ4v) is 3.51. The number of rotatable bonds is 7. The summed E-state index contributed by atoms with van der Waals surface area (Å²) in [5.41, 5.74) is 0. The largest absolute Gasteiger partial charge is 0.353 e. The number of carbonyl (C=O) groups excluding carboxylic acids is 2. The Kier molecular flexibility index (Phi) is 6.37. The lowest BCUT2D eigenvalue weighted by Crippen LogP contribution is -2.42. The molecular formula is C18H27N7O3. The molecule has 28 heavy (non-hydrogen) atoms. The zero-order chi connectivity index (χ0) is 20.1. The molecule has 1 aliphatic rings. The summed E-state index contributed by atoms with van der Waals surface area (Å²) in [6, 6.07) is 0.101. The molecule has 2 aromatic rings. The minimum Gasteiger partial charge on any atom is -0.353 e. The number of aryl methyl sites for hydroxylation is 2. The first-order chi connectivity index (χ1) is 13.4. The molecule has 10 nitrogen and oxygen atoms in total. The molecule has 2 N–H and O–H groups in total. The number of nitrogens with zero attached hydrogens (tertiary/aromatic N) is 5. The number of carbonyl (C=O) groups is 2. The van der Waals surface area contributed by atoms with E-state index in [1.165, 1.54) is 0 Å². The second kappa shape index (κ2) is 8.94. The van der Waals surface area contributed by atoms with E-state index in [9.17, 15) is 9.59 Å². The van der Waals surface area contributed by atoms with Crippen molar-refractivity contribution in [3.8, 4) is 0 Å². The number of H-pyrrole nitrogens is 1. The van der Waals surface area contributed by atoms with Crippen molar-refractivity contribution in [2.45, 2.75) is 58.4 Å². The van der Waals surface area contributed by atoms with Gasteiger partial charge in [-0.1, -0.05) is 5.16 Å². The molecule has 0 aliphatic heterocycles. The van der Waals surface area contributed by atoms with E-state index in [2.05, 4.69) is 30.6 Å². The number of aromatic nitrogens is 5. The van der Waals surface area contributed by atoms with E-state index in [0.29, 0.717) is 36.3 Å². The predicted octanol–water partition coefficient (Wildman–Crippen LogP) is 0.723. The van der Waals surface area contributed by atoms with Crippen LogP contribution in [0.25, 0.3) is 0 Å².